The minimum atomic E-state index is -4.62. The molecule has 0 saturated carbocycles. The number of nitrogens with zero attached hydrogens (tertiary/aromatic N) is 1. The maximum atomic E-state index is 13.2. The van der Waals surface area contributed by atoms with Gasteiger partial charge in [-0.05, 0) is 34.5 Å². The maximum absolute atomic E-state index is 13.2. The van der Waals surface area contributed by atoms with E-state index in [0.717, 1.165) is 17.0 Å². The van der Waals surface area contributed by atoms with Gasteiger partial charge in [-0.2, -0.15) is 13.2 Å². The molecule has 4 rings (SSSR count). The number of fused-ring (bicyclic) bond motifs is 1. The monoisotopic (exact) mass is 444 g/mol. The van der Waals surface area contributed by atoms with Crippen LogP contribution in [0, 0.1) is 0 Å². The number of carboxylic acids is 1. The van der Waals surface area contributed by atoms with Gasteiger partial charge in [0.2, 0.25) is 0 Å². The van der Waals surface area contributed by atoms with E-state index in [1.807, 2.05) is 18.2 Å². The number of nitrogens with one attached hydrogen (secondary N) is 1. The SMILES string of the molecule is O=C(O)c1cc(N2CCOC(CNCc3cccc4ccccc34)C2)cc(C(F)(F)F)c1. The minimum Gasteiger partial charge on any atom is -0.478 e. The van der Waals surface area contributed by atoms with Crippen molar-refractivity contribution >= 4 is 22.4 Å². The molecule has 0 bridgehead atoms. The van der Waals surface area contributed by atoms with Crippen molar-refractivity contribution in [1.82, 2.24) is 5.32 Å². The summed E-state index contributed by atoms with van der Waals surface area (Å²) in [5.74, 6) is -1.39. The zero-order chi connectivity index (χ0) is 22.7. The summed E-state index contributed by atoms with van der Waals surface area (Å²) in [4.78, 5) is 13.1. The number of morpholine rings is 1. The Morgan fingerprint density at radius 2 is 1.91 bits per heavy atom. The van der Waals surface area contributed by atoms with Crippen LogP contribution in [0.3, 0.4) is 0 Å². The number of hydrogen-bond donors (Lipinski definition) is 2. The Balaban J connectivity index is 1.43. The van der Waals surface area contributed by atoms with Gasteiger partial charge in [0.05, 0.1) is 23.8 Å². The molecule has 0 amide bonds. The van der Waals surface area contributed by atoms with E-state index in [-0.39, 0.29) is 17.4 Å². The van der Waals surface area contributed by atoms with E-state index in [9.17, 15) is 23.1 Å². The fourth-order valence-corrected chi connectivity index (χ4v) is 3.97. The fraction of sp³-hybridized carbons (Fsp3) is 0.292. The largest absolute Gasteiger partial charge is 0.478 e. The Labute approximate surface area is 183 Å². The lowest BCUT2D eigenvalue weighted by Gasteiger charge is -2.35. The van der Waals surface area contributed by atoms with Crippen molar-refractivity contribution in [3.8, 4) is 0 Å². The molecule has 1 saturated heterocycles. The number of ether oxygens (including phenoxy) is 1. The molecule has 1 fully saturated rings. The number of hydrogen-bond acceptors (Lipinski definition) is 4. The number of anilines is 1. The van der Waals surface area contributed by atoms with Crippen LogP contribution in [-0.4, -0.2) is 43.4 Å². The van der Waals surface area contributed by atoms with Crippen LogP contribution in [-0.2, 0) is 17.5 Å². The number of aromatic carboxylic acids is 1. The van der Waals surface area contributed by atoms with Gasteiger partial charge in [-0.25, -0.2) is 4.79 Å². The molecule has 8 heteroatoms. The van der Waals surface area contributed by atoms with Crippen LogP contribution in [0.2, 0.25) is 0 Å². The van der Waals surface area contributed by atoms with Gasteiger partial charge in [0, 0.05) is 31.9 Å². The van der Waals surface area contributed by atoms with Gasteiger partial charge in [-0.3, -0.25) is 0 Å². The van der Waals surface area contributed by atoms with Crippen LogP contribution >= 0.6 is 0 Å². The standard InChI is InChI=1S/C24H23F3N2O3/c25-24(26,27)19-10-18(23(30)31)11-20(12-19)29-8-9-32-21(15-29)14-28-13-17-6-3-5-16-4-1-2-7-22(16)17/h1-7,10-12,21,28H,8-9,13-15H2,(H,30,31). The second kappa shape index (κ2) is 9.18. The summed E-state index contributed by atoms with van der Waals surface area (Å²) in [5, 5.41) is 14.9. The first kappa shape index (κ1) is 22.1. The molecule has 32 heavy (non-hydrogen) atoms. The van der Waals surface area contributed by atoms with E-state index in [1.54, 1.807) is 4.90 Å². The van der Waals surface area contributed by atoms with E-state index in [1.165, 1.54) is 11.5 Å². The minimum absolute atomic E-state index is 0.235. The Morgan fingerprint density at radius 1 is 1.12 bits per heavy atom. The van der Waals surface area contributed by atoms with E-state index in [2.05, 4.69) is 29.6 Å². The molecule has 3 aromatic carbocycles. The molecule has 0 spiro atoms. The zero-order valence-corrected chi connectivity index (χ0v) is 17.2. The summed E-state index contributed by atoms with van der Waals surface area (Å²) < 4.78 is 45.5. The lowest BCUT2D eigenvalue weighted by Crippen LogP contribution is -2.46. The highest BCUT2D eigenvalue weighted by Crippen LogP contribution is 2.33. The summed E-state index contributed by atoms with van der Waals surface area (Å²) in [7, 11) is 0. The molecule has 3 aromatic rings. The number of benzene rings is 3. The third-order valence-electron chi connectivity index (χ3n) is 5.56. The van der Waals surface area contributed by atoms with Gasteiger partial charge in [-0.15, -0.1) is 0 Å². The van der Waals surface area contributed by atoms with E-state index >= 15 is 0 Å². The molecule has 2 N–H and O–H groups in total. The molecule has 1 atom stereocenters. The Bertz CT molecular complexity index is 1110. The first-order valence-corrected chi connectivity index (χ1v) is 10.3. The van der Waals surface area contributed by atoms with Crippen molar-refractivity contribution in [2.24, 2.45) is 0 Å². The number of carbonyl (C=O) groups is 1. The number of halogens is 3. The maximum Gasteiger partial charge on any atom is 0.416 e. The summed E-state index contributed by atoms with van der Waals surface area (Å²) in [5.41, 5.74) is 0.0378. The van der Waals surface area contributed by atoms with Crippen molar-refractivity contribution in [3.05, 3.63) is 77.4 Å². The molecular weight excluding hydrogens is 421 g/mol. The van der Waals surface area contributed by atoms with Crippen molar-refractivity contribution in [1.29, 1.82) is 0 Å². The van der Waals surface area contributed by atoms with Crippen molar-refractivity contribution in [2.75, 3.05) is 31.1 Å². The Kier molecular flexibility index (Phi) is 6.34. The molecule has 0 radical (unpaired) electrons. The van der Waals surface area contributed by atoms with Crippen LogP contribution in [0.4, 0.5) is 18.9 Å². The number of rotatable bonds is 6. The lowest BCUT2D eigenvalue weighted by atomic mass is 10.0. The fourth-order valence-electron chi connectivity index (χ4n) is 3.97. The summed E-state index contributed by atoms with van der Waals surface area (Å²) in [6, 6.07) is 17.2. The van der Waals surface area contributed by atoms with Crippen molar-refractivity contribution in [2.45, 2.75) is 18.8 Å². The van der Waals surface area contributed by atoms with Crippen molar-refractivity contribution < 1.29 is 27.8 Å². The Hall–Kier alpha value is -3.10. The normalized spacial score (nSPS) is 17.0. The van der Waals surface area contributed by atoms with Gasteiger partial charge in [0.25, 0.3) is 0 Å². The first-order valence-electron chi connectivity index (χ1n) is 10.3. The predicted molar refractivity (Wildman–Crippen MR) is 116 cm³/mol. The van der Waals surface area contributed by atoms with Crippen LogP contribution in [0.25, 0.3) is 10.8 Å². The van der Waals surface area contributed by atoms with E-state index < -0.39 is 17.7 Å². The quantitative estimate of drug-likeness (QED) is 0.584. The van der Waals surface area contributed by atoms with Crippen LogP contribution in [0.15, 0.2) is 60.7 Å². The second-order valence-corrected chi connectivity index (χ2v) is 7.78. The van der Waals surface area contributed by atoms with Gasteiger partial charge in [0.1, 0.15) is 0 Å². The van der Waals surface area contributed by atoms with Crippen LogP contribution < -0.4 is 10.2 Å². The van der Waals surface area contributed by atoms with E-state index in [0.29, 0.717) is 38.9 Å². The van der Waals surface area contributed by atoms with Gasteiger partial charge >= 0.3 is 12.1 Å². The Morgan fingerprint density at radius 3 is 2.69 bits per heavy atom. The van der Waals surface area contributed by atoms with Gasteiger partial charge in [-0.1, -0.05) is 42.5 Å². The molecule has 168 valence electrons. The summed E-state index contributed by atoms with van der Waals surface area (Å²) >= 11 is 0. The topological polar surface area (TPSA) is 61.8 Å². The molecule has 1 heterocycles. The molecule has 0 aliphatic carbocycles. The highest BCUT2D eigenvalue weighted by Gasteiger charge is 2.33. The summed E-state index contributed by atoms with van der Waals surface area (Å²) in [6.45, 7) is 2.25. The number of alkyl halides is 3. The van der Waals surface area contributed by atoms with Crippen molar-refractivity contribution in [3.63, 3.8) is 0 Å². The number of carboxylic acid groups (broad SMARTS) is 1. The zero-order valence-electron chi connectivity index (χ0n) is 17.2. The smallest absolute Gasteiger partial charge is 0.416 e. The van der Waals surface area contributed by atoms with Gasteiger partial charge < -0.3 is 20.1 Å². The highest BCUT2D eigenvalue weighted by atomic mass is 19.4. The average molecular weight is 444 g/mol. The third kappa shape index (κ3) is 5.03. The highest BCUT2D eigenvalue weighted by molar-refractivity contribution is 5.89. The molecule has 1 aliphatic heterocycles. The first-order chi connectivity index (χ1) is 15.3. The third-order valence-corrected chi connectivity index (χ3v) is 5.56. The van der Waals surface area contributed by atoms with Crippen LogP contribution in [0.1, 0.15) is 21.5 Å². The molecule has 1 unspecified atom stereocenters. The van der Waals surface area contributed by atoms with Crippen LogP contribution in [0.5, 0.6) is 0 Å². The van der Waals surface area contributed by atoms with Gasteiger partial charge in [0.15, 0.2) is 0 Å². The average Bonchev–Trinajstić information content (AvgIpc) is 2.78. The molecule has 5 nitrogen and oxygen atoms in total. The predicted octanol–water partition coefficient (Wildman–Crippen LogP) is 4.55. The molecular formula is C24H23F3N2O3. The van der Waals surface area contributed by atoms with E-state index in [4.69, 9.17) is 4.74 Å². The second-order valence-electron chi connectivity index (χ2n) is 7.78. The molecule has 1 aliphatic rings. The lowest BCUT2D eigenvalue weighted by molar-refractivity contribution is -0.137. The summed E-state index contributed by atoms with van der Waals surface area (Å²) in [6.07, 6.45) is -4.85. The molecule has 0 aromatic heterocycles.